The third-order valence-corrected chi connectivity index (χ3v) is 4.00. The average Bonchev–Trinajstić information content (AvgIpc) is 2.32. The van der Waals surface area contributed by atoms with E-state index in [4.69, 9.17) is 10.8 Å². The van der Waals surface area contributed by atoms with E-state index >= 15 is 0 Å². The molecule has 0 aliphatic heterocycles. The average molecular weight is 295 g/mol. The van der Waals surface area contributed by atoms with E-state index in [1.807, 2.05) is 20.8 Å². The zero-order chi connectivity index (χ0) is 14.4. The number of aliphatic hydroxyl groups is 1. The Labute approximate surface area is 123 Å². The molecular formula is C14H31ClN2O2. The molecule has 0 radical (unpaired) electrons. The fraction of sp³-hybridized carbons (Fsp3) is 0.929. The highest BCUT2D eigenvalue weighted by Gasteiger charge is 2.30. The van der Waals surface area contributed by atoms with Crippen molar-refractivity contribution < 1.29 is 9.90 Å². The van der Waals surface area contributed by atoms with Gasteiger partial charge in [0.05, 0.1) is 6.04 Å². The molecule has 0 fully saturated rings. The number of hydrogen-bond acceptors (Lipinski definition) is 3. The Bertz CT molecular complexity index is 261. The second-order valence-corrected chi connectivity index (χ2v) is 6.24. The molecule has 0 bridgehead atoms. The summed E-state index contributed by atoms with van der Waals surface area (Å²) in [6.45, 7) is 10.8. The number of nitrogens with two attached hydrogens (primary N) is 1. The minimum atomic E-state index is -0.502. The van der Waals surface area contributed by atoms with Crippen LogP contribution in [0.3, 0.4) is 0 Å². The van der Waals surface area contributed by atoms with E-state index in [1.165, 1.54) is 0 Å². The lowest BCUT2D eigenvalue weighted by Crippen LogP contribution is -2.51. The molecule has 0 aromatic heterocycles. The van der Waals surface area contributed by atoms with Gasteiger partial charge in [-0.3, -0.25) is 4.79 Å². The van der Waals surface area contributed by atoms with Crippen molar-refractivity contribution in [3.8, 4) is 0 Å². The smallest absolute Gasteiger partial charge is 0.237 e. The molecule has 0 aliphatic rings. The van der Waals surface area contributed by atoms with Gasteiger partial charge in [-0.05, 0) is 30.1 Å². The van der Waals surface area contributed by atoms with Crippen LogP contribution in [0.5, 0.6) is 0 Å². The quantitative estimate of drug-likeness (QED) is 0.673. The summed E-state index contributed by atoms with van der Waals surface area (Å²) in [6, 6.07) is -0.502. The molecule has 0 rings (SSSR count). The van der Waals surface area contributed by atoms with Gasteiger partial charge in [0, 0.05) is 13.2 Å². The molecule has 0 aliphatic carbocycles. The number of hydrogen-bond donors (Lipinski definition) is 3. The SMILES string of the molecule is CCC(CC)(CCO)CNC(=O)[C@@H](N)C(C)(C)C.Cl. The van der Waals surface area contributed by atoms with Crippen LogP contribution in [-0.4, -0.2) is 30.2 Å². The molecular weight excluding hydrogens is 264 g/mol. The van der Waals surface area contributed by atoms with E-state index in [2.05, 4.69) is 19.2 Å². The second kappa shape index (κ2) is 8.77. The van der Waals surface area contributed by atoms with Crippen molar-refractivity contribution in [3.05, 3.63) is 0 Å². The van der Waals surface area contributed by atoms with Gasteiger partial charge in [-0.1, -0.05) is 34.6 Å². The summed E-state index contributed by atoms with van der Waals surface area (Å²) in [5, 5.41) is 12.1. The summed E-state index contributed by atoms with van der Waals surface area (Å²) < 4.78 is 0. The first-order chi connectivity index (χ1) is 8.22. The molecule has 19 heavy (non-hydrogen) atoms. The molecule has 0 saturated carbocycles. The Balaban J connectivity index is 0. The molecule has 4 N–H and O–H groups in total. The van der Waals surface area contributed by atoms with E-state index in [0.29, 0.717) is 13.0 Å². The van der Waals surface area contributed by atoms with Gasteiger partial charge < -0.3 is 16.2 Å². The molecule has 5 heteroatoms. The Morgan fingerprint density at radius 1 is 1.26 bits per heavy atom. The molecule has 1 amide bonds. The summed E-state index contributed by atoms with van der Waals surface area (Å²) in [6.07, 6.45) is 2.59. The number of carbonyl (C=O) groups excluding carboxylic acids is 1. The van der Waals surface area contributed by atoms with Crippen molar-refractivity contribution in [1.82, 2.24) is 5.32 Å². The first kappa shape index (κ1) is 21.0. The Hall–Kier alpha value is -0.320. The minimum absolute atomic E-state index is 0. The predicted octanol–water partition coefficient (Wildman–Crippen LogP) is 2.09. The zero-order valence-corrected chi connectivity index (χ0v) is 13.8. The topological polar surface area (TPSA) is 75.3 Å². The third kappa shape index (κ3) is 6.59. The maximum Gasteiger partial charge on any atom is 0.237 e. The van der Waals surface area contributed by atoms with Gasteiger partial charge in [-0.15, -0.1) is 12.4 Å². The summed E-state index contributed by atoms with van der Waals surface area (Å²) in [4.78, 5) is 12.0. The summed E-state index contributed by atoms with van der Waals surface area (Å²) in [5.41, 5.74) is 5.67. The maximum absolute atomic E-state index is 12.0. The van der Waals surface area contributed by atoms with Gasteiger partial charge in [0.2, 0.25) is 5.91 Å². The normalized spacial score (nSPS) is 13.6. The van der Waals surface area contributed by atoms with Crippen molar-refractivity contribution in [2.24, 2.45) is 16.6 Å². The Morgan fingerprint density at radius 2 is 1.74 bits per heavy atom. The number of aliphatic hydroxyl groups excluding tert-OH is 1. The van der Waals surface area contributed by atoms with Gasteiger partial charge in [0.1, 0.15) is 0 Å². The van der Waals surface area contributed by atoms with E-state index in [-0.39, 0.29) is 35.8 Å². The molecule has 0 heterocycles. The van der Waals surface area contributed by atoms with Gasteiger partial charge >= 0.3 is 0 Å². The Morgan fingerprint density at radius 3 is 2.05 bits per heavy atom. The van der Waals surface area contributed by atoms with Crippen molar-refractivity contribution in [3.63, 3.8) is 0 Å². The zero-order valence-electron chi connectivity index (χ0n) is 13.0. The fourth-order valence-electron chi connectivity index (χ4n) is 1.96. The van der Waals surface area contributed by atoms with Gasteiger partial charge in [0.15, 0.2) is 0 Å². The van der Waals surface area contributed by atoms with Gasteiger partial charge in [-0.25, -0.2) is 0 Å². The molecule has 0 saturated heterocycles. The molecule has 1 atom stereocenters. The minimum Gasteiger partial charge on any atom is -0.396 e. The van der Waals surface area contributed by atoms with Crippen molar-refractivity contribution in [2.75, 3.05) is 13.2 Å². The highest BCUT2D eigenvalue weighted by Crippen LogP contribution is 2.29. The molecule has 0 aromatic rings. The lowest BCUT2D eigenvalue weighted by Gasteiger charge is -2.33. The van der Waals surface area contributed by atoms with Crippen LogP contribution in [0.15, 0.2) is 0 Å². The van der Waals surface area contributed by atoms with Crippen molar-refractivity contribution in [2.45, 2.75) is 59.9 Å². The van der Waals surface area contributed by atoms with Crippen LogP contribution in [-0.2, 0) is 4.79 Å². The summed E-state index contributed by atoms with van der Waals surface area (Å²) in [5.74, 6) is -0.105. The number of nitrogens with one attached hydrogen (secondary N) is 1. The van der Waals surface area contributed by atoms with Crippen LogP contribution in [0.25, 0.3) is 0 Å². The van der Waals surface area contributed by atoms with Gasteiger partial charge in [0.25, 0.3) is 0 Å². The Kier molecular flexibility index (Phi) is 9.69. The molecule has 116 valence electrons. The lowest BCUT2D eigenvalue weighted by atomic mass is 9.79. The first-order valence-corrected chi connectivity index (χ1v) is 6.86. The van der Waals surface area contributed by atoms with Gasteiger partial charge in [-0.2, -0.15) is 0 Å². The van der Waals surface area contributed by atoms with Crippen LogP contribution in [0.1, 0.15) is 53.9 Å². The highest BCUT2D eigenvalue weighted by atomic mass is 35.5. The van der Waals surface area contributed by atoms with Crippen LogP contribution in [0.4, 0.5) is 0 Å². The van der Waals surface area contributed by atoms with Crippen molar-refractivity contribution in [1.29, 1.82) is 0 Å². The summed E-state index contributed by atoms with van der Waals surface area (Å²) >= 11 is 0. The molecule has 0 unspecified atom stereocenters. The number of carbonyl (C=O) groups is 1. The van der Waals surface area contributed by atoms with Crippen LogP contribution >= 0.6 is 12.4 Å². The number of amides is 1. The van der Waals surface area contributed by atoms with E-state index in [0.717, 1.165) is 12.8 Å². The van der Waals surface area contributed by atoms with Crippen LogP contribution < -0.4 is 11.1 Å². The maximum atomic E-state index is 12.0. The molecule has 0 aromatic carbocycles. The predicted molar refractivity (Wildman–Crippen MR) is 82.4 cm³/mol. The van der Waals surface area contributed by atoms with Crippen LogP contribution in [0, 0.1) is 10.8 Å². The van der Waals surface area contributed by atoms with E-state index < -0.39 is 6.04 Å². The molecule has 4 nitrogen and oxygen atoms in total. The van der Waals surface area contributed by atoms with Crippen molar-refractivity contribution >= 4 is 18.3 Å². The standard InChI is InChI=1S/C14H30N2O2.ClH/c1-6-14(7-2,8-9-17)10-16-12(18)11(15)13(3,4)5;/h11,17H,6-10,15H2,1-5H3,(H,16,18);1H/t11-;/m1./s1. The third-order valence-electron chi connectivity index (χ3n) is 4.00. The number of rotatable bonds is 7. The summed E-state index contributed by atoms with van der Waals surface area (Å²) in [7, 11) is 0. The fourth-order valence-corrected chi connectivity index (χ4v) is 1.96. The lowest BCUT2D eigenvalue weighted by molar-refractivity contribution is -0.125. The second-order valence-electron chi connectivity index (χ2n) is 6.24. The number of halogens is 1. The molecule has 0 spiro atoms. The van der Waals surface area contributed by atoms with Crippen LogP contribution in [0.2, 0.25) is 0 Å². The first-order valence-electron chi connectivity index (χ1n) is 6.86. The van der Waals surface area contributed by atoms with E-state index in [1.54, 1.807) is 0 Å². The largest absolute Gasteiger partial charge is 0.396 e. The monoisotopic (exact) mass is 294 g/mol. The highest BCUT2D eigenvalue weighted by molar-refractivity contribution is 5.85. The van der Waals surface area contributed by atoms with E-state index in [9.17, 15) is 4.79 Å².